The molecule has 3 rings (SSSR count). The molecule has 2 aromatic carbocycles. The number of benzene rings is 2. The van der Waals surface area contributed by atoms with Gasteiger partial charge in [-0.25, -0.2) is 4.79 Å². The Morgan fingerprint density at radius 1 is 1.13 bits per heavy atom. The maximum Gasteiger partial charge on any atom is 0.328 e. The van der Waals surface area contributed by atoms with Gasteiger partial charge in [0.05, 0.1) is 13.7 Å². The molecule has 1 heterocycles. The van der Waals surface area contributed by atoms with Crippen LogP contribution in [0.25, 0.3) is 11.1 Å². The zero-order valence-electron chi connectivity index (χ0n) is 18.3. The van der Waals surface area contributed by atoms with Crippen LogP contribution in [-0.2, 0) is 19.1 Å². The third-order valence-corrected chi connectivity index (χ3v) is 5.32. The first-order valence-corrected chi connectivity index (χ1v) is 10.3. The minimum atomic E-state index is -0.700. The molecule has 0 aliphatic carbocycles. The first-order chi connectivity index (χ1) is 14.8. The molecule has 0 aromatic heterocycles. The highest BCUT2D eigenvalue weighted by Crippen LogP contribution is 2.32. The lowest BCUT2D eigenvalue weighted by Crippen LogP contribution is -2.40. The van der Waals surface area contributed by atoms with Gasteiger partial charge in [-0.2, -0.15) is 0 Å². The van der Waals surface area contributed by atoms with E-state index < -0.39 is 12.0 Å². The lowest BCUT2D eigenvalue weighted by molar-refractivity contribution is -0.142. The average molecular weight is 424 g/mol. The number of ether oxygens (including phenoxy) is 2. The van der Waals surface area contributed by atoms with E-state index in [1.807, 2.05) is 44.2 Å². The number of carbonyl (C=O) groups is 3. The second-order valence-electron chi connectivity index (χ2n) is 7.81. The molecule has 1 N–H and O–H groups in total. The molecule has 2 unspecified atom stereocenters. The summed E-state index contributed by atoms with van der Waals surface area (Å²) in [5, 5.41) is 2.90. The van der Waals surface area contributed by atoms with E-state index in [1.54, 1.807) is 19.2 Å². The molecule has 0 radical (unpaired) electrons. The van der Waals surface area contributed by atoms with E-state index in [9.17, 15) is 14.4 Å². The van der Waals surface area contributed by atoms with Crippen molar-refractivity contribution in [1.29, 1.82) is 0 Å². The molecule has 2 aromatic rings. The summed E-state index contributed by atoms with van der Waals surface area (Å²) in [4.78, 5) is 39.3. The quantitative estimate of drug-likeness (QED) is 0.691. The summed E-state index contributed by atoms with van der Waals surface area (Å²) in [5.74, 6) is -0.914. The Labute approximate surface area is 182 Å². The van der Waals surface area contributed by atoms with Crippen LogP contribution >= 0.6 is 0 Å². The molecule has 7 nitrogen and oxygen atoms in total. The highest BCUT2D eigenvalue weighted by atomic mass is 16.5. The minimum absolute atomic E-state index is 0.171. The van der Waals surface area contributed by atoms with Gasteiger partial charge >= 0.3 is 5.97 Å². The molecule has 1 aliphatic rings. The van der Waals surface area contributed by atoms with E-state index in [4.69, 9.17) is 9.47 Å². The van der Waals surface area contributed by atoms with E-state index in [-0.39, 0.29) is 24.3 Å². The number of nitrogens with zero attached hydrogens (tertiary/aromatic N) is 1. The summed E-state index contributed by atoms with van der Waals surface area (Å²) in [6, 6.07) is 12.3. The number of methoxy groups -OCH3 is 2. The molecule has 31 heavy (non-hydrogen) atoms. The van der Waals surface area contributed by atoms with Crippen LogP contribution in [-0.4, -0.2) is 50.7 Å². The third kappa shape index (κ3) is 5.11. The predicted octanol–water partition coefficient (Wildman–Crippen LogP) is 3.10. The first kappa shape index (κ1) is 22.5. The van der Waals surface area contributed by atoms with Gasteiger partial charge in [0, 0.05) is 30.8 Å². The van der Waals surface area contributed by atoms with Crippen LogP contribution in [0, 0.1) is 6.92 Å². The molecule has 2 atom stereocenters. The van der Waals surface area contributed by atoms with Crippen molar-refractivity contribution in [2.24, 2.45) is 0 Å². The number of aryl methyl sites for hydroxylation is 1. The number of anilines is 1. The second-order valence-corrected chi connectivity index (χ2v) is 7.81. The molecule has 0 saturated carbocycles. The van der Waals surface area contributed by atoms with Gasteiger partial charge in [-0.05, 0) is 49.6 Å². The van der Waals surface area contributed by atoms with Gasteiger partial charge < -0.3 is 14.8 Å². The van der Waals surface area contributed by atoms with E-state index >= 15 is 0 Å². The van der Waals surface area contributed by atoms with E-state index in [2.05, 4.69) is 5.32 Å². The number of amides is 2. The summed E-state index contributed by atoms with van der Waals surface area (Å²) < 4.78 is 9.99. The largest absolute Gasteiger partial charge is 0.467 e. The summed E-state index contributed by atoms with van der Waals surface area (Å²) in [6.07, 6.45) is 0.633. The number of esters is 1. The van der Waals surface area contributed by atoms with Crippen molar-refractivity contribution in [1.82, 2.24) is 5.32 Å². The zero-order valence-corrected chi connectivity index (χ0v) is 18.3. The van der Waals surface area contributed by atoms with Crippen LogP contribution < -0.4 is 10.2 Å². The van der Waals surface area contributed by atoms with Gasteiger partial charge in [0.15, 0.2) is 0 Å². The average Bonchev–Trinajstić information content (AvgIpc) is 3.15. The van der Waals surface area contributed by atoms with E-state index in [0.29, 0.717) is 24.3 Å². The monoisotopic (exact) mass is 424 g/mol. The maximum atomic E-state index is 12.9. The Hall–Kier alpha value is -3.19. The van der Waals surface area contributed by atoms with Gasteiger partial charge in [0.1, 0.15) is 6.04 Å². The highest BCUT2D eigenvalue weighted by Gasteiger charge is 2.38. The smallest absolute Gasteiger partial charge is 0.328 e. The number of hydrogen-bond donors (Lipinski definition) is 1. The van der Waals surface area contributed by atoms with Gasteiger partial charge in [0.25, 0.3) is 5.91 Å². The van der Waals surface area contributed by atoms with Gasteiger partial charge in [-0.1, -0.05) is 29.8 Å². The van der Waals surface area contributed by atoms with Crippen molar-refractivity contribution in [3.63, 3.8) is 0 Å². The number of nitrogens with one attached hydrogen (secondary N) is 1. The Kier molecular flexibility index (Phi) is 7.07. The van der Waals surface area contributed by atoms with E-state index in [1.165, 1.54) is 12.0 Å². The molecule has 0 bridgehead atoms. The van der Waals surface area contributed by atoms with Crippen LogP contribution in [0.5, 0.6) is 0 Å². The molecule has 2 amide bonds. The zero-order chi connectivity index (χ0) is 22.5. The molecular formula is C24H28N2O5. The Balaban J connectivity index is 2.06. The molecule has 1 aliphatic heterocycles. The predicted molar refractivity (Wildman–Crippen MR) is 118 cm³/mol. The van der Waals surface area contributed by atoms with Gasteiger partial charge in [-0.3, -0.25) is 14.5 Å². The SMILES string of the molecule is COCC(C)NC(=O)c1cc(-c2ccc(C)cc2)cc(N2C(=O)CCC2C(=O)OC)c1. The van der Waals surface area contributed by atoms with Gasteiger partial charge in [0.2, 0.25) is 5.91 Å². The third-order valence-electron chi connectivity index (χ3n) is 5.32. The van der Waals surface area contributed by atoms with Crippen molar-refractivity contribution in [3.05, 3.63) is 53.6 Å². The first-order valence-electron chi connectivity index (χ1n) is 10.3. The van der Waals surface area contributed by atoms with Crippen molar-refractivity contribution in [2.75, 3.05) is 25.7 Å². The van der Waals surface area contributed by atoms with Crippen LogP contribution in [0.1, 0.15) is 35.7 Å². The number of rotatable bonds is 7. The number of hydrogen-bond acceptors (Lipinski definition) is 5. The van der Waals surface area contributed by atoms with Crippen LogP contribution in [0.3, 0.4) is 0 Å². The Morgan fingerprint density at radius 3 is 2.48 bits per heavy atom. The fourth-order valence-electron chi connectivity index (χ4n) is 3.76. The topological polar surface area (TPSA) is 84.9 Å². The highest BCUT2D eigenvalue weighted by molar-refractivity contribution is 6.05. The van der Waals surface area contributed by atoms with Crippen LogP contribution in [0.15, 0.2) is 42.5 Å². The lowest BCUT2D eigenvalue weighted by Gasteiger charge is -2.24. The second kappa shape index (κ2) is 9.75. The summed E-state index contributed by atoms with van der Waals surface area (Å²) in [6.45, 7) is 4.23. The minimum Gasteiger partial charge on any atom is -0.467 e. The van der Waals surface area contributed by atoms with Crippen LogP contribution in [0.2, 0.25) is 0 Å². The molecular weight excluding hydrogens is 396 g/mol. The van der Waals surface area contributed by atoms with Crippen molar-refractivity contribution < 1.29 is 23.9 Å². The molecule has 7 heteroatoms. The molecule has 1 fully saturated rings. The summed E-state index contributed by atoms with van der Waals surface area (Å²) in [5.41, 5.74) is 3.71. The number of carbonyl (C=O) groups excluding carboxylic acids is 3. The van der Waals surface area contributed by atoms with Crippen molar-refractivity contribution in [2.45, 2.75) is 38.8 Å². The fraction of sp³-hybridized carbons (Fsp3) is 0.375. The molecule has 164 valence electrons. The fourth-order valence-corrected chi connectivity index (χ4v) is 3.76. The van der Waals surface area contributed by atoms with Crippen LogP contribution in [0.4, 0.5) is 5.69 Å². The molecule has 1 saturated heterocycles. The maximum absolute atomic E-state index is 12.9. The summed E-state index contributed by atoms with van der Waals surface area (Å²) in [7, 11) is 2.88. The van der Waals surface area contributed by atoms with E-state index in [0.717, 1.165) is 16.7 Å². The van der Waals surface area contributed by atoms with Crippen molar-refractivity contribution >= 4 is 23.5 Å². The van der Waals surface area contributed by atoms with Crippen molar-refractivity contribution in [3.8, 4) is 11.1 Å². The Morgan fingerprint density at radius 2 is 1.84 bits per heavy atom. The van der Waals surface area contributed by atoms with Gasteiger partial charge in [-0.15, -0.1) is 0 Å². The lowest BCUT2D eigenvalue weighted by atomic mass is 9.99. The molecule has 0 spiro atoms. The standard InChI is InChI=1S/C24H28N2O5/c1-15-5-7-17(8-6-15)18-11-19(23(28)25-16(2)14-30-3)13-20(12-18)26-21(24(29)31-4)9-10-22(26)27/h5-8,11-13,16,21H,9-10,14H2,1-4H3,(H,25,28). The Bertz CT molecular complexity index is 970. The summed E-state index contributed by atoms with van der Waals surface area (Å²) >= 11 is 0. The normalized spacial score (nSPS) is 16.8.